The number of halogens is 1. The Morgan fingerprint density at radius 3 is 2.88 bits per heavy atom. The Bertz CT molecular complexity index is 601. The second-order valence-electron chi connectivity index (χ2n) is 7.77. The molecule has 0 spiro atoms. The summed E-state index contributed by atoms with van der Waals surface area (Å²) in [6.45, 7) is 7.69. The van der Waals surface area contributed by atoms with Crippen molar-refractivity contribution >= 4 is 33.2 Å². The number of esters is 1. The molecule has 3 rings (SSSR count). The van der Waals surface area contributed by atoms with Gasteiger partial charge in [0.2, 0.25) is 0 Å². The van der Waals surface area contributed by atoms with Crippen molar-refractivity contribution in [3.8, 4) is 0 Å². The molecule has 1 saturated heterocycles. The van der Waals surface area contributed by atoms with Crippen LogP contribution in [0.15, 0.2) is 9.98 Å². The molecule has 2 aliphatic rings. The van der Waals surface area contributed by atoms with Gasteiger partial charge in [-0.25, -0.2) is 9.78 Å². The molecule has 134 valence electrons. The lowest BCUT2D eigenvalue weighted by atomic mass is 9.73. The number of thiazole rings is 1. The molecule has 3 atom stereocenters. The number of nitrogens with one attached hydrogen (secondary N) is 1. The van der Waals surface area contributed by atoms with Crippen molar-refractivity contribution < 1.29 is 14.3 Å². The van der Waals surface area contributed by atoms with Crippen molar-refractivity contribution in [2.24, 2.45) is 11.8 Å². The van der Waals surface area contributed by atoms with Crippen molar-refractivity contribution in [2.45, 2.75) is 51.2 Å². The van der Waals surface area contributed by atoms with Crippen LogP contribution in [0, 0.1) is 11.8 Å². The number of carbonyl (C=O) groups excluding carboxylic acids is 1. The lowest BCUT2D eigenvalue weighted by Gasteiger charge is -2.40. The van der Waals surface area contributed by atoms with E-state index in [1.807, 2.05) is 26.2 Å². The molecular formula is C17H25BrN2O3S. The van der Waals surface area contributed by atoms with Crippen LogP contribution in [0.3, 0.4) is 0 Å². The van der Waals surface area contributed by atoms with E-state index in [4.69, 9.17) is 9.47 Å². The van der Waals surface area contributed by atoms with E-state index in [1.165, 1.54) is 0 Å². The first-order valence-electron chi connectivity index (χ1n) is 8.45. The molecule has 1 aromatic heterocycles. The molecule has 1 saturated carbocycles. The molecule has 7 heteroatoms. The zero-order chi connectivity index (χ0) is 17.4. The van der Waals surface area contributed by atoms with Gasteiger partial charge in [0.25, 0.3) is 0 Å². The Morgan fingerprint density at radius 2 is 2.21 bits per heavy atom. The number of rotatable bonds is 4. The van der Waals surface area contributed by atoms with Gasteiger partial charge in [0, 0.05) is 5.38 Å². The number of carbonyl (C=O) groups is 1. The van der Waals surface area contributed by atoms with Gasteiger partial charge >= 0.3 is 5.97 Å². The fourth-order valence-electron chi connectivity index (χ4n) is 3.73. The van der Waals surface area contributed by atoms with Crippen LogP contribution in [0.4, 0.5) is 0 Å². The van der Waals surface area contributed by atoms with E-state index < -0.39 is 11.2 Å². The molecule has 3 unspecified atom stereocenters. The van der Waals surface area contributed by atoms with Crippen molar-refractivity contribution in [1.82, 2.24) is 10.3 Å². The quantitative estimate of drug-likeness (QED) is 0.761. The number of nitrogens with zero attached hydrogens (tertiary/aromatic N) is 1. The molecule has 1 N–H and O–H groups in total. The number of fused-ring (bicyclic) bond motifs is 1. The predicted molar refractivity (Wildman–Crippen MR) is 97.0 cm³/mol. The van der Waals surface area contributed by atoms with E-state index in [9.17, 15) is 4.79 Å². The van der Waals surface area contributed by atoms with Crippen LogP contribution in [0.25, 0.3) is 0 Å². The minimum atomic E-state index is -0.495. The fourth-order valence-corrected chi connectivity index (χ4v) is 5.17. The molecule has 24 heavy (non-hydrogen) atoms. The molecule has 5 nitrogen and oxygen atoms in total. The topological polar surface area (TPSA) is 60.5 Å². The summed E-state index contributed by atoms with van der Waals surface area (Å²) >= 11 is 5.04. The van der Waals surface area contributed by atoms with Gasteiger partial charge < -0.3 is 14.8 Å². The Morgan fingerprint density at radius 1 is 1.46 bits per heavy atom. The van der Waals surface area contributed by atoms with Gasteiger partial charge in [0.15, 0.2) is 0 Å². The molecule has 0 bridgehead atoms. The Hall–Kier alpha value is -0.500. The first-order valence-corrected chi connectivity index (χ1v) is 10.1. The van der Waals surface area contributed by atoms with Crippen LogP contribution >= 0.6 is 27.3 Å². The number of aromatic nitrogens is 1. The molecule has 1 aliphatic carbocycles. The summed E-state index contributed by atoms with van der Waals surface area (Å²) in [5.41, 5.74) is -0.967. The Labute approximate surface area is 155 Å². The van der Waals surface area contributed by atoms with Crippen LogP contribution in [0.1, 0.15) is 45.0 Å². The van der Waals surface area contributed by atoms with Gasteiger partial charge in [-0.3, -0.25) is 0 Å². The summed E-state index contributed by atoms with van der Waals surface area (Å²) < 4.78 is 12.4. The average Bonchev–Trinajstić information content (AvgIpc) is 3.11. The van der Waals surface area contributed by atoms with Crippen LogP contribution in [0.5, 0.6) is 0 Å². The number of hydrogen-bond acceptors (Lipinski definition) is 6. The van der Waals surface area contributed by atoms with Crippen molar-refractivity contribution in [3.05, 3.63) is 15.0 Å². The molecular weight excluding hydrogens is 392 g/mol. The Balaban J connectivity index is 1.74. The lowest BCUT2D eigenvalue weighted by Crippen LogP contribution is -2.41. The SMILES string of the molecule is CC(C)(C)OC(=O)COC1(c2nc(Br)cs2)CCC2CNCC2C1. The third kappa shape index (κ3) is 4.18. The van der Waals surface area contributed by atoms with Crippen molar-refractivity contribution in [2.75, 3.05) is 19.7 Å². The average molecular weight is 417 g/mol. The minimum absolute atomic E-state index is 0.0285. The maximum atomic E-state index is 12.1. The molecule has 2 heterocycles. The predicted octanol–water partition coefficient (Wildman–Crippen LogP) is 3.48. The molecule has 0 radical (unpaired) electrons. The fraction of sp³-hybridized carbons (Fsp3) is 0.765. The van der Waals surface area contributed by atoms with Gasteiger partial charge in [0.1, 0.15) is 27.4 Å². The van der Waals surface area contributed by atoms with Gasteiger partial charge in [-0.15, -0.1) is 11.3 Å². The van der Waals surface area contributed by atoms with Crippen LogP contribution in [0.2, 0.25) is 0 Å². The lowest BCUT2D eigenvalue weighted by molar-refractivity contribution is -0.172. The van der Waals surface area contributed by atoms with Gasteiger partial charge in [-0.05, 0) is 80.9 Å². The summed E-state index contributed by atoms with van der Waals surface area (Å²) in [6.07, 6.45) is 2.91. The zero-order valence-electron chi connectivity index (χ0n) is 14.4. The van der Waals surface area contributed by atoms with E-state index in [2.05, 4.69) is 26.2 Å². The van der Waals surface area contributed by atoms with Gasteiger partial charge in [0.05, 0.1) is 0 Å². The smallest absolute Gasteiger partial charge is 0.332 e. The van der Waals surface area contributed by atoms with Crippen molar-refractivity contribution in [3.63, 3.8) is 0 Å². The maximum absolute atomic E-state index is 12.1. The monoisotopic (exact) mass is 416 g/mol. The molecule has 0 amide bonds. The number of ether oxygens (including phenoxy) is 2. The highest BCUT2D eigenvalue weighted by atomic mass is 79.9. The second-order valence-corrected chi connectivity index (χ2v) is 9.44. The molecule has 2 fully saturated rings. The highest BCUT2D eigenvalue weighted by Crippen LogP contribution is 2.47. The van der Waals surface area contributed by atoms with Crippen LogP contribution < -0.4 is 5.32 Å². The standard InChI is InChI=1S/C17H25BrN2O3S/c1-16(2,3)23-14(21)9-22-17(15-20-13(18)10-24-15)5-4-11-7-19-8-12(11)6-17/h10-12,19H,4-9H2,1-3H3. The molecule has 0 aromatic carbocycles. The van der Waals surface area contributed by atoms with E-state index >= 15 is 0 Å². The first-order chi connectivity index (χ1) is 11.3. The van der Waals surface area contributed by atoms with E-state index in [1.54, 1.807) is 11.3 Å². The van der Waals surface area contributed by atoms with Crippen LogP contribution in [-0.4, -0.2) is 36.3 Å². The first kappa shape index (κ1) is 18.3. The summed E-state index contributed by atoms with van der Waals surface area (Å²) in [5.74, 6) is 0.982. The molecule has 1 aliphatic heterocycles. The third-order valence-corrected chi connectivity index (χ3v) is 6.48. The third-order valence-electron chi connectivity index (χ3n) is 4.74. The highest BCUT2D eigenvalue weighted by Gasteiger charge is 2.46. The van der Waals surface area contributed by atoms with Gasteiger partial charge in [-0.2, -0.15) is 0 Å². The maximum Gasteiger partial charge on any atom is 0.332 e. The van der Waals surface area contributed by atoms with Crippen molar-refractivity contribution in [1.29, 1.82) is 0 Å². The summed E-state index contributed by atoms with van der Waals surface area (Å²) in [5, 5.41) is 6.42. The normalized spacial score (nSPS) is 30.2. The summed E-state index contributed by atoms with van der Waals surface area (Å²) in [6, 6.07) is 0. The highest BCUT2D eigenvalue weighted by molar-refractivity contribution is 9.10. The summed E-state index contributed by atoms with van der Waals surface area (Å²) in [7, 11) is 0. The minimum Gasteiger partial charge on any atom is -0.458 e. The zero-order valence-corrected chi connectivity index (χ0v) is 16.8. The molecule has 1 aromatic rings. The van der Waals surface area contributed by atoms with E-state index in [-0.39, 0.29) is 12.6 Å². The largest absolute Gasteiger partial charge is 0.458 e. The van der Waals surface area contributed by atoms with Gasteiger partial charge in [-0.1, -0.05) is 0 Å². The summed E-state index contributed by atoms with van der Waals surface area (Å²) in [4.78, 5) is 16.7. The van der Waals surface area contributed by atoms with E-state index in [0.717, 1.165) is 42.0 Å². The second kappa shape index (κ2) is 7.02. The number of hydrogen-bond donors (Lipinski definition) is 1. The Kier molecular flexibility index (Phi) is 5.35. The van der Waals surface area contributed by atoms with Crippen LogP contribution in [-0.2, 0) is 19.9 Å². The van der Waals surface area contributed by atoms with E-state index in [0.29, 0.717) is 11.8 Å².